The summed E-state index contributed by atoms with van der Waals surface area (Å²) in [6.07, 6.45) is 1.53. The second kappa shape index (κ2) is 7.13. The van der Waals surface area contributed by atoms with Crippen LogP contribution >= 0.6 is 0 Å². The van der Waals surface area contributed by atoms with E-state index in [4.69, 9.17) is 10.00 Å². The highest BCUT2D eigenvalue weighted by Gasteiger charge is 2.33. The predicted molar refractivity (Wildman–Crippen MR) is 69.9 cm³/mol. The number of amides is 1. The number of carbonyl (C=O) groups is 2. The van der Waals surface area contributed by atoms with Gasteiger partial charge in [0.2, 0.25) is 5.91 Å². The van der Waals surface area contributed by atoms with Crippen LogP contribution in [0.1, 0.15) is 33.6 Å². The van der Waals surface area contributed by atoms with Gasteiger partial charge in [-0.05, 0) is 25.7 Å². The van der Waals surface area contributed by atoms with E-state index in [1.54, 1.807) is 11.8 Å². The normalized spacial score (nSPS) is 20.8. The molecular formula is C14H22N2O3. The van der Waals surface area contributed by atoms with E-state index in [9.17, 15) is 9.59 Å². The zero-order valence-corrected chi connectivity index (χ0v) is 11.9. The molecule has 0 spiro atoms. The average Bonchev–Trinajstić information content (AvgIpc) is 2.39. The van der Waals surface area contributed by atoms with Gasteiger partial charge in [0.25, 0.3) is 0 Å². The van der Waals surface area contributed by atoms with Gasteiger partial charge in [-0.25, -0.2) is 0 Å². The van der Waals surface area contributed by atoms with Crippen molar-refractivity contribution in [2.45, 2.75) is 33.6 Å². The summed E-state index contributed by atoms with van der Waals surface area (Å²) in [4.78, 5) is 25.6. The van der Waals surface area contributed by atoms with Gasteiger partial charge in [0, 0.05) is 13.1 Å². The van der Waals surface area contributed by atoms with E-state index >= 15 is 0 Å². The molecule has 0 aromatic heterocycles. The molecule has 2 unspecified atom stereocenters. The molecular weight excluding hydrogens is 244 g/mol. The Labute approximate surface area is 114 Å². The minimum atomic E-state index is -0.624. The van der Waals surface area contributed by atoms with Crippen LogP contribution in [0, 0.1) is 29.1 Å². The Bertz CT molecular complexity index is 373. The molecule has 0 aliphatic carbocycles. The van der Waals surface area contributed by atoms with Crippen LogP contribution in [0.15, 0.2) is 0 Å². The van der Waals surface area contributed by atoms with Crippen molar-refractivity contribution < 1.29 is 14.3 Å². The van der Waals surface area contributed by atoms with Crippen LogP contribution in [-0.2, 0) is 14.3 Å². The molecule has 19 heavy (non-hydrogen) atoms. The van der Waals surface area contributed by atoms with Crippen molar-refractivity contribution in [2.75, 3.05) is 19.7 Å². The molecule has 1 saturated heterocycles. The predicted octanol–water partition coefficient (Wildman–Crippen LogP) is 1.58. The maximum absolute atomic E-state index is 12.2. The third-order valence-electron chi connectivity index (χ3n) is 3.42. The number of esters is 1. The number of nitriles is 1. The lowest BCUT2D eigenvalue weighted by Crippen LogP contribution is -2.46. The van der Waals surface area contributed by atoms with Crippen LogP contribution in [-0.4, -0.2) is 36.5 Å². The van der Waals surface area contributed by atoms with Crippen LogP contribution in [0.4, 0.5) is 0 Å². The Balaban J connectivity index is 2.67. The van der Waals surface area contributed by atoms with Gasteiger partial charge in [0.05, 0.1) is 18.6 Å². The van der Waals surface area contributed by atoms with Crippen molar-refractivity contribution in [2.24, 2.45) is 17.8 Å². The molecule has 0 saturated carbocycles. The van der Waals surface area contributed by atoms with Crippen molar-refractivity contribution in [3.05, 3.63) is 0 Å². The van der Waals surface area contributed by atoms with Gasteiger partial charge in [0.15, 0.2) is 0 Å². The molecule has 2 atom stereocenters. The van der Waals surface area contributed by atoms with Crippen LogP contribution in [0.5, 0.6) is 0 Å². The first-order chi connectivity index (χ1) is 9.01. The van der Waals surface area contributed by atoms with Gasteiger partial charge in [-0.2, -0.15) is 5.26 Å². The van der Waals surface area contributed by atoms with Gasteiger partial charge in [-0.15, -0.1) is 0 Å². The first-order valence-corrected chi connectivity index (χ1v) is 6.86. The fourth-order valence-corrected chi connectivity index (χ4v) is 2.32. The van der Waals surface area contributed by atoms with Crippen LogP contribution in [0.3, 0.4) is 0 Å². The smallest absolute Gasteiger partial charge is 0.310 e. The first-order valence-electron chi connectivity index (χ1n) is 6.86. The topological polar surface area (TPSA) is 70.4 Å². The Kier molecular flexibility index (Phi) is 5.81. The van der Waals surface area contributed by atoms with E-state index in [0.29, 0.717) is 19.7 Å². The third kappa shape index (κ3) is 3.95. The number of nitrogens with zero attached hydrogens (tertiary/aromatic N) is 2. The Morgan fingerprint density at radius 2 is 2.16 bits per heavy atom. The minimum absolute atomic E-state index is 0.0135. The number of ether oxygens (including phenoxy) is 1. The van der Waals surface area contributed by atoms with Crippen molar-refractivity contribution in [1.82, 2.24) is 4.90 Å². The zero-order valence-electron chi connectivity index (χ0n) is 11.9. The van der Waals surface area contributed by atoms with Gasteiger partial charge >= 0.3 is 5.97 Å². The molecule has 1 heterocycles. The SMILES string of the molecule is CCOC(=O)C1CCCN(C(=O)C(C#N)C(C)C)C1. The largest absolute Gasteiger partial charge is 0.466 e. The lowest BCUT2D eigenvalue weighted by molar-refractivity contribution is -0.151. The van der Waals surface area contributed by atoms with Crippen LogP contribution in [0.2, 0.25) is 0 Å². The van der Waals surface area contributed by atoms with Crippen molar-refractivity contribution in [3.8, 4) is 6.07 Å². The van der Waals surface area contributed by atoms with Crippen molar-refractivity contribution >= 4 is 11.9 Å². The summed E-state index contributed by atoms with van der Waals surface area (Å²) >= 11 is 0. The Hall–Kier alpha value is -1.57. The van der Waals surface area contributed by atoms with Gasteiger partial charge in [0.1, 0.15) is 5.92 Å². The Morgan fingerprint density at radius 3 is 2.68 bits per heavy atom. The first kappa shape index (κ1) is 15.5. The van der Waals surface area contributed by atoms with Gasteiger partial charge in [-0.3, -0.25) is 9.59 Å². The highest BCUT2D eigenvalue weighted by Crippen LogP contribution is 2.21. The van der Waals surface area contributed by atoms with E-state index in [2.05, 4.69) is 6.07 Å². The molecule has 0 aromatic carbocycles. The fourth-order valence-electron chi connectivity index (χ4n) is 2.32. The highest BCUT2D eigenvalue weighted by atomic mass is 16.5. The summed E-state index contributed by atoms with van der Waals surface area (Å²) in [5.74, 6) is -1.28. The third-order valence-corrected chi connectivity index (χ3v) is 3.42. The molecule has 1 amide bonds. The molecule has 5 nitrogen and oxygen atoms in total. The second-order valence-electron chi connectivity index (χ2n) is 5.23. The molecule has 1 rings (SSSR count). The molecule has 0 radical (unpaired) electrons. The standard InChI is InChI=1S/C14H22N2O3/c1-4-19-14(18)11-6-5-7-16(9-11)13(17)12(8-15)10(2)3/h10-12H,4-7,9H2,1-3H3. The average molecular weight is 266 g/mol. The van der Waals surface area contributed by atoms with E-state index in [0.717, 1.165) is 12.8 Å². The van der Waals surface area contributed by atoms with Crippen molar-refractivity contribution in [1.29, 1.82) is 5.26 Å². The number of piperidine rings is 1. The summed E-state index contributed by atoms with van der Waals surface area (Å²) < 4.78 is 5.00. The monoisotopic (exact) mass is 266 g/mol. The molecule has 1 aliphatic rings. The number of carbonyl (C=O) groups excluding carboxylic acids is 2. The molecule has 5 heteroatoms. The summed E-state index contributed by atoms with van der Waals surface area (Å²) in [7, 11) is 0. The summed E-state index contributed by atoms with van der Waals surface area (Å²) in [5, 5.41) is 9.07. The molecule has 0 N–H and O–H groups in total. The van der Waals surface area contributed by atoms with Crippen LogP contribution < -0.4 is 0 Å². The summed E-state index contributed by atoms with van der Waals surface area (Å²) in [6, 6.07) is 2.06. The molecule has 0 bridgehead atoms. The van der Waals surface area contributed by atoms with E-state index < -0.39 is 5.92 Å². The lowest BCUT2D eigenvalue weighted by Gasteiger charge is -2.33. The van der Waals surface area contributed by atoms with E-state index in [1.807, 2.05) is 13.8 Å². The van der Waals surface area contributed by atoms with E-state index in [1.165, 1.54) is 0 Å². The maximum Gasteiger partial charge on any atom is 0.310 e. The Morgan fingerprint density at radius 1 is 1.47 bits per heavy atom. The zero-order chi connectivity index (χ0) is 14.4. The van der Waals surface area contributed by atoms with Crippen molar-refractivity contribution in [3.63, 3.8) is 0 Å². The maximum atomic E-state index is 12.2. The number of hydrogen-bond acceptors (Lipinski definition) is 4. The van der Waals surface area contributed by atoms with E-state index in [-0.39, 0.29) is 23.7 Å². The fraction of sp³-hybridized carbons (Fsp3) is 0.786. The van der Waals surface area contributed by atoms with Gasteiger partial charge < -0.3 is 9.64 Å². The number of rotatable bonds is 4. The number of hydrogen-bond donors (Lipinski definition) is 0. The second-order valence-corrected chi connectivity index (χ2v) is 5.23. The summed E-state index contributed by atoms with van der Waals surface area (Å²) in [6.45, 7) is 6.85. The quantitative estimate of drug-likeness (QED) is 0.724. The lowest BCUT2D eigenvalue weighted by atomic mass is 9.92. The minimum Gasteiger partial charge on any atom is -0.466 e. The van der Waals surface area contributed by atoms with Gasteiger partial charge in [-0.1, -0.05) is 13.8 Å². The highest BCUT2D eigenvalue weighted by molar-refractivity contribution is 5.82. The van der Waals surface area contributed by atoms with Crippen LogP contribution in [0.25, 0.3) is 0 Å². The number of likely N-dealkylation sites (tertiary alicyclic amines) is 1. The molecule has 106 valence electrons. The molecule has 0 aromatic rings. The molecule has 1 aliphatic heterocycles. The molecule has 1 fully saturated rings. The summed E-state index contributed by atoms with van der Waals surface area (Å²) in [5.41, 5.74) is 0.